The quantitative estimate of drug-likeness (QED) is 0.860. The molecule has 3 rings (SSSR count). The van der Waals surface area contributed by atoms with E-state index in [-0.39, 0.29) is 30.8 Å². The zero-order valence-corrected chi connectivity index (χ0v) is 11.0. The van der Waals surface area contributed by atoms with Crippen molar-refractivity contribution in [1.29, 1.82) is 0 Å². The van der Waals surface area contributed by atoms with Gasteiger partial charge in [0, 0.05) is 17.5 Å². The molecule has 0 aromatic heterocycles. The average Bonchev–Trinajstić information content (AvgIpc) is 2.39. The Balaban J connectivity index is 2.06. The highest BCUT2D eigenvalue weighted by molar-refractivity contribution is 5.70. The number of ether oxygens (including phenoxy) is 2. The summed E-state index contributed by atoms with van der Waals surface area (Å²) in [7, 11) is 0. The van der Waals surface area contributed by atoms with Crippen molar-refractivity contribution in [3.8, 4) is 0 Å². The van der Waals surface area contributed by atoms with Crippen LogP contribution in [0.25, 0.3) is 0 Å². The number of halogens is 2. The standard InChI is InChI=1S/C14H15F2NO3/c1-8-4-9-6-19-13(18)17-14(9,7-20-8)11-3-2-10(15)5-12(11)16/h2-3,5,8-9H,4,6-7H2,1H3,(H,17,18)/t8-,9-,14-/m0/s1. The fourth-order valence-electron chi connectivity index (χ4n) is 3.02. The average molecular weight is 283 g/mol. The van der Waals surface area contributed by atoms with Crippen molar-refractivity contribution in [1.82, 2.24) is 5.32 Å². The molecule has 1 aromatic rings. The molecule has 2 aliphatic rings. The van der Waals surface area contributed by atoms with E-state index in [1.54, 1.807) is 0 Å². The zero-order chi connectivity index (χ0) is 14.3. The first-order valence-electron chi connectivity index (χ1n) is 6.53. The lowest BCUT2D eigenvalue weighted by Gasteiger charge is -2.48. The van der Waals surface area contributed by atoms with Gasteiger partial charge in [-0.15, -0.1) is 0 Å². The number of hydrogen-bond donors (Lipinski definition) is 1. The minimum atomic E-state index is -0.986. The van der Waals surface area contributed by atoms with Crippen LogP contribution in [-0.2, 0) is 15.0 Å². The van der Waals surface area contributed by atoms with E-state index in [2.05, 4.69) is 5.32 Å². The Labute approximate surface area is 115 Å². The lowest BCUT2D eigenvalue weighted by Crippen LogP contribution is -2.62. The van der Waals surface area contributed by atoms with Gasteiger partial charge >= 0.3 is 6.09 Å². The van der Waals surface area contributed by atoms with Gasteiger partial charge in [-0.2, -0.15) is 0 Å². The van der Waals surface area contributed by atoms with Crippen LogP contribution < -0.4 is 5.32 Å². The smallest absolute Gasteiger partial charge is 0.407 e. The molecule has 0 unspecified atom stereocenters. The van der Waals surface area contributed by atoms with Gasteiger partial charge in [0.1, 0.15) is 17.2 Å². The van der Waals surface area contributed by atoms with E-state index < -0.39 is 23.3 Å². The molecule has 0 saturated carbocycles. The van der Waals surface area contributed by atoms with Crippen LogP contribution >= 0.6 is 0 Å². The van der Waals surface area contributed by atoms with Crippen molar-refractivity contribution in [2.24, 2.45) is 5.92 Å². The molecule has 108 valence electrons. The number of cyclic esters (lactones) is 1. The van der Waals surface area contributed by atoms with E-state index in [4.69, 9.17) is 9.47 Å². The van der Waals surface area contributed by atoms with Gasteiger partial charge in [0.05, 0.1) is 19.3 Å². The number of carbonyl (C=O) groups excluding carboxylic acids is 1. The molecule has 4 nitrogen and oxygen atoms in total. The SMILES string of the molecule is C[C@H]1C[C@H]2COC(=O)N[C@@]2(c2ccc(F)cc2F)CO1. The Morgan fingerprint density at radius 3 is 2.95 bits per heavy atom. The van der Waals surface area contributed by atoms with E-state index in [0.29, 0.717) is 6.42 Å². The maximum absolute atomic E-state index is 14.1. The Morgan fingerprint density at radius 1 is 1.40 bits per heavy atom. The number of amides is 1. The van der Waals surface area contributed by atoms with Gasteiger partial charge in [0.2, 0.25) is 0 Å². The number of benzene rings is 1. The summed E-state index contributed by atoms with van der Waals surface area (Å²) in [6.07, 6.45) is 0.0373. The third-order valence-corrected chi connectivity index (χ3v) is 4.06. The fourth-order valence-corrected chi connectivity index (χ4v) is 3.02. The summed E-state index contributed by atoms with van der Waals surface area (Å²) in [5.41, 5.74) is -0.743. The number of fused-ring (bicyclic) bond motifs is 1. The van der Waals surface area contributed by atoms with E-state index >= 15 is 0 Å². The van der Waals surface area contributed by atoms with E-state index in [0.717, 1.165) is 6.07 Å². The maximum atomic E-state index is 14.1. The minimum absolute atomic E-state index is 0.00948. The molecule has 2 heterocycles. The molecule has 1 N–H and O–H groups in total. The third kappa shape index (κ3) is 2.04. The summed E-state index contributed by atoms with van der Waals surface area (Å²) in [5, 5.41) is 2.68. The summed E-state index contributed by atoms with van der Waals surface area (Å²) in [5.74, 6) is -1.44. The second-order valence-corrected chi connectivity index (χ2v) is 5.37. The Kier molecular flexibility index (Phi) is 3.12. The van der Waals surface area contributed by atoms with Crippen LogP contribution in [0.5, 0.6) is 0 Å². The molecule has 0 spiro atoms. The van der Waals surface area contributed by atoms with Crippen LogP contribution in [0.4, 0.5) is 13.6 Å². The van der Waals surface area contributed by atoms with Gasteiger partial charge in [-0.1, -0.05) is 6.07 Å². The zero-order valence-electron chi connectivity index (χ0n) is 11.0. The number of carbonyl (C=O) groups is 1. The van der Waals surface area contributed by atoms with Crippen LogP contribution in [0.1, 0.15) is 18.9 Å². The monoisotopic (exact) mass is 283 g/mol. The van der Waals surface area contributed by atoms with Gasteiger partial charge in [0.15, 0.2) is 0 Å². The first-order valence-corrected chi connectivity index (χ1v) is 6.53. The number of rotatable bonds is 1. The molecular formula is C14H15F2NO3. The van der Waals surface area contributed by atoms with Gasteiger partial charge < -0.3 is 14.8 Å². The van der Waals surface area contributed by atoms with Crippen molar-refractivity contribution in [3.05, 3.63) is 35.4 Å². The topological polar surface area (TPSA) is 47.6 Å². The molecule has 2 fully saturated rings. The molecular weight excluding hydrogens is 268 g/mol. The van der Waals surface area contributed by atoms with Gasteiger partial charge in [-0.25, -0.2) is 13.6 Å². The van der Waals surface area contributed by atoms with Crippen LogP contribution in [0.15, 0.2) is 18.2 Å². The van der Waals surface area contributed by atoms with Gasteiger partial charge in [-0.05, 0) is 19.4 Å². The predicted octanol–water partition coefficient (Wildman–Crippen LogP) is 2.32. The molecule has 2 saturated heterocycles. The Bertz CT molecular complexity index is 551. The summed E-state index contributed by atoms with van der Waals surface area (Å²) in [4.78, 5) is 11.6. The second kappa shape index (κ2) is 4.70. The molecule has 3 atom stereocenters. The second-order valence-electron chi connectivity index (χ2n) is 5.37. The number of nitrogens with one attached hydrogen (secondary N) is 1. The Morgan fingerprint density at radius 2 is 2.20 bits per heavy atom. The highest BCUT2D eigenvalue weighted by atomic mass is 19.1. The molecule has 0 bridgehead atoms. The molecule has 1 aromatic carbocycles. The van der Waals surface area contributed by atoms with Crippen molar-refractivity contribution < 1.29 is 23.0 Å². The van der Waals surface area contributed by atoms with Crippen molar-refractivity contribution in [2.45, 2.75) is 25.0 Å². The fraction of sp³-hybridized carbons (Fsp3) is 0.500. The number of hydrogen-bond acceptors (Lipinski definition) is 3. The van der Waals surface area contributed by atoms with E-state index in [9.17, 15) is 13.6 Å². The third-order valence-electron chi connectivity index (χ3n) is 4.06. The van der Waals surface area contributed by atoms with Crippen LogP contribution in [0, 0.1) is 17.6 Å². The van der Waals surface area contributed by atoms with Crippen LogP contribution in [0.2, 0.25) is 0 Å². The van der Waals surface area contributed by atoms with Crippen molar-refractivity contribution in [2.75, 3.05) is 13.2 Å². The first kappa shape index (κ1) is 13.3. The highest BCUT2D eigenvalue weighted by Crippen LogP contribution is 2.41. The first-order chi connectivity index (χ1) is 9.51. The van der Waals surface area contributed by atoms with E-state index in [1.807, 2.05) is 6.92 Å². The molecule has 6 heteroatoms. The van der Waals surface area contributed by atoms with Crippen molar-refractivity contribution in [3.63, 3.8) is 0 Å². The van der Waals surface area contributed by atoms with Crippen LogP contribution in [0.3, 0.4) is 0 Å². The molecule has 0 aliphatic carbocycles. The van der Waals surface area contributed by atoms with Crippen molar-refractivity contribution >= 4 is 6.09 Å². The molecule has 20 heavy (non-hydrogen) atoms. The lowest BCUT2D eigenvalue weighted by atomic mass is 9.73. The normalized spacial score (nSPS) is 33.0. The maximum Gasteiger partial charge on any atom is 0.407 e. The minimum Gasteiger partial charge on any atom is -0.449 e. The predicted molar refractivity (Wildman–Crippen MR) is 66.0 cm³/mol. The van der Waals surface area contributed by atoms with E-state index in [1.165, 1.54) is 12.1 Å². The summed E-state index contributed by atoms with van der Waals surface area (Å²) >= 11 is 0. The molecule has 1 amide bonds. The summed E-state index contributed by atoms with van der Waals surface area (Å²) < 4.78 is 37.8. The van der Waals surface area contributed by atoms with Gasteiger partial charge in [0.25, 0.3) is 0 Å². The lowest BCUT2D eigenvalue weighted by molar-refractivity contribution is -0.0985. The number of alkyl carbamates (subject to hydrolysis) is 1. The molecule has 0 radical (unpaired) electrons. The Hall–Kier alpha value is -1.69. The van der Waals surface area contributed by atoms with Gasteiger partial charge in [-0.3, -0.25) is 0 Å². The largest absolute Gasteiger partial charge is 0.449 e. The summed E-state index contributed by atoms with van der Waals surface area (Å²) in [6.45, 7) is 2.27. The molecule has 2 aliphatic heterocycles. The summed E-state index contributed by atoms with van der Waals surface area (Å²) in [6, 6.07) is 3.37. The highest BCUT2D eigenvalue weighted by Gasteiger charge is 2.50. The van der Waals surface area contributed by atoms with Crippen LogP contribution in [-0.4, -0.2) is 25.4 Å².